The summed E-state index contributed by atoms with van der Waals surface area (Å²) in [4.78, 5) is 21.9. The maximum Gasteiger partial charge on any atom is 0.256 e. The summed E-state index contributed by atoms with van der Waals surface area (Å²) in [6.07, 6.45) is 4.09. The average Bonchev–Trinajstić information content (AvgIpc) is 3.16. The number of para-hydroxylation sites is 1. The number of fused-ring (bicyclic) bond motifs is 2. The number of hydrogen-bond donors (Lipinski definition) is 0. The topological polar surface area (TPSA) is 67.2 Å². The second-order valence-electron chi connectivity index (χ2n) is 7.83. The van der Waals surface area contributed by atoms with Crippen LogP contribution in [0.3, 0.4) is 0 Å². The van der Waals surface area contributed by atoms with Crippen LogP contribution in [-0.2, 0) is 13.1 Å². The van der Waals surface area contributed by atoms with Gasteiger partial charge in [-0.1, -0.05) is 18.2 Å². The highest BCUT2D eigenvalue weighted by Gasteiger charge is 2.30. The van der Waals surface area contributed by atoms with Crippen LogP contribution >= 0.6 is 0 Å². The summed E-state index contributed by atoms with van der Waals surface area (Å²) >= 11 is 0. The van der Waals surface area contributed by atoms with Gasteiger partial charge in [-0.3, -0.25) is 9.78 Å². The van der Waals surface area contributed by atoms with Crippen LogP contribution in [0, 0.1) is 0 Å². The van der Waals surface area contributed by atoms with Crippen LogP contribution in [0.4, 0.5) is 0 Å². The van der Waals surface area contributed by atoms with Gasteiger partial charge in [-0.05, 0) is 38.6 Å². The first-order chi connectivity index (χ1) is 13.7. The first kappa shape index (κ1) is 17.3. The number of likely N-dealkylation sites (tertiary alicyclic amines) is 1. The van der Waals surface area contributed by atoms with Gasteiger partial charge in [0.05, 0.1) is 17.6 Å². The van der Waals surface area contributed by atoms with E-state index in [1.165, 1.54) is 6.42 Å². The largest absolute Gasteiger partial charge is 0.329 e. The Morgan fingerprint density at radius 3 is 2.89 bits per heavy atom. The predicted molar refractivity (Wildman–Crippen MR) is 106 cm³/mol. The van der Waals surface area contributed by atoms with Gasteiger partial charge in [-0.25, -0.2) is 0 Å². The Balaban J connectivity index is 1.40. The Bertz CT molecular complexity index is 1020. The summed E-state index contributed by atoms with van der Waals surface area (Å²) < 4.78 is 2.23. The number of aromatic nitrogens is 4. The number of hydrogen-bond acceptors (Lipinski definition) is 5. The molecule has 3 aromatic rings. The number of carbonyl (C=O) groups is 1. The Morgan fingerprint density at radius 1 is 1.11 bits per heavy atom. The lowest BCUT2D eigenvalue weighted by Crippen LogP contribution is -2.39. The molecule has 0 saturated carbocycles. The minimum Gasteiger partial charge on any atom is -0.329 e. The third kappa shape index (κ3) is 2.96. The molecule has 1 amide bonds. The second-order valence-corrected chi connectivity index (χ2v) is 7.83. The zero-order valence-corrected chi connectivity index (χ0v) is 16.1. The molecule has 1 saturated heterocycles. The number of pyridine rings is 1. The fourth-order valence-electron chi connectivity index (χ4n) is 4.48. The number of likely N-dealkylation sites (N-methyl/N-ethyl adjacent to an activating group) is 1. The number of nitrogens with zero attached hydrogens (tertiary/aromatic N) is 6. The molecule has 2 aromatic heterocycles. The van der Waals surface area contributed by atoms with Gasteiger partial charge in [-0.15, -0.1) is 10.2 Å². The molecule has 28 heavy (non-hydrogen) atoms. The standard InChI is InChI=1S/C21H24N6O/c1-25-10-4-7-16(13-25)20-24-23-18-14-26(11-12-27(18)20)21(28)17-8-2-5-15-6-3-9-22-19(15)17/h2-3,5-6,8-9,16H,4,7,10-14H2,1H3/t16-/m0/s1. The van der Waals surface area contributed by atoms with Crippen molar-refractivity contribution in [2.24, 2.45) is 0 Å². The summed E-state index contributed by atoms with van der Waals surface area (Å²) in [5.41, 5.74) is 1.41. The zero-order valence-electron chi connectivity index (χ0n) is 16.1. The monoisotopic (exact) mass is 376 g/mol. The fraction of sp³-hybridized carbons (Fsp3) is 0.429. The van der Waals surface area contributed by atoms with Gasteiger partial charge in [-0.2, -0.15) is 0 Å². The summed E-state index contributed by atoms with van der Waals surface area (Å²) in [5, 5.41) is 9.92. The van der Waals surface area contributed by atoms with E-state index in [4.69, 9.17) is 0 Å². The van der Waals surface area contributed by atoms with Crippen LogP contribution in [0.2, 0.25) is 0 Å². The third-order valence-electron chi connectivity index (χ3n) is 5.92. The highest BCUT2D eigenvalue weighted by molar-refractivity contribution is 6.05. The molecule has 4 heterocycles. The predicted octanol–water partition coefficient (Wildman–Crippen LogP) is 2.29. The molecule has 0 bridgehead atoms. The zero-order chi connectivity index (χ0) is 19.1. The third-order valence-corrected chi connectivity index (χ3v) is 5.92. The lowest BCUT2D eigenvalue weighted by molar-refractivity contribution is 0.0707. The summed E-state index contributed by atoms with van der Waals surface area (Å²) in [7, 11) is 2.16. The number of amides is 1. The number of piperidine rings is 1. The molecular formula is C21H24N6O. The smallest absolute Gasteiger partial charge is 0.256 e. The highest BCUT2D eigenvalue weighted by atomic mass is 16.2. The Morgan fingerprint density at radius 2 is 2.00 bits per heavy atom. The molecule has 0 spiro atoms. The van der Waals surface area contributed by atoms with Gasteiger partial charge in [0, 0.05) is 37.1 Å². The van der Waals surface area contributed by atoms with Crippen LogP contribution in [-0.4, -0.2) is 62.1 Å². The minimum absolute atomic E-state index is 0.0116. The normalized spacial score (nSPS) is 20.3. The lowest BCUT2D eigenvalue weighted by atomic mass is 9.97. The summed E-state index contributed by atoms with van der Waals surface area (Å²) in [6, 6.07) is 9.64. The molecular weight excluding hydrogens is 352 g/mol. The molecule has 144 valence electrons. The molecule has 5 rings (SSSR count). The van der Waals surface area contributed by atoms with Crippen molar-refractivity contribution in [2.45, 2.75) is 31.8 Å². The Kier molecular flexibility index (Phi) is 4.31. The van der Waals surface area contributed by atoms with Gasteiger partial charge in [0.25, 0.3) is 5.91 Å². The van der Waals surface area contributed by atoms with Crippen molar-refractivity contribution in [1.82, 2.24) is 29.5 Å². The molecule has 0 radical (unpaired) electrons. The first-order valence-corrected chi connectivity index (χ1v) is 9.94. The van der Waals surface area contributed by atoms with Crippen LogP contribution < -0.4 is 0 Å². The number of benzene rings is 1. The van der Waals surface area contributed by atoms with Gasteiger partial charge in [0.2, 0.25) is 0 Å². The molecule has 1 fully saturated rings. The van der Waals surface area contributed by atoms with Gasteiger partial charge >= 0.3 is 0 Å². The molecule has 7 heteroatoms. The Labute approximate surface area is 164 Å². The van der Waals surface area contributed by atoms with E-state index in [9.17, 15) is 4.79 Å². The summed E-state index contributed by atoms with van der Waals surface area (Å²) in [6.45, 7) is 4.10. The molecule has 0 aliphatic carbocycles. The number of rotatable bonds is 2. The molecule has 1 aromatic carbocycles. The van der Waals surface area contributed by atoms with E-state index in [0.29, 0.717) is 24.6 Å². The van der Waals surface area contributed by atoms with Crippen molar-refractivity contribution >= 4 is 16.8 Å². The molecule has 2 aliphatic rings. The molecule has 0 N–H and O–H groups in total. The number of carbonyl (C=O) groups excluding carboxylic acids is 1. The van der Waals surface area contributed by atoms with Crippen molar-refractivity contribution in [3.8, 4) is 0 Å². The van der Waals surface area contributed by atoms with Crippen molar-refractivity contribution in [2.75, 3.05) is 26.7 Å². The van der Waals surface area contributed by atoms with Crippen LogP contribution in [0.25, 0.3) is 10.9 Å². The van der Waals surface area contributed by atoms with Crippen molar-refractivity contribution in [3.63, 3.8) is 0 Å². The quantitative estimate of drug-likeness (QED) is 0.687. The maximum absolute atomic E-state index is 13.2. The summed E-state index contributed by atoms with van der Waals surface area (Å²) in [5.74, 6) is 2.42. The van der Waals surface area contributed by atoms with Crippen molar-refractivity contribution < 1.29 is 4.79 Å². The van der Waals surface area contributed by atoms with E-state index in [1.807, 2.05) is 35.2 Å². The minimum atomic E-state index is 0.0116. The molecule has 0 unspecified atom stereocenters. The van der Waals surface area contributed by atoms with E-state index >= 15 is 0 Å². The van der Waals surface area contributed by atoms with Crippen LogP contribution in [0.1, 0.15) is 40.8 Å². The van der Waals surface area contributed by atoms with E-state index in [-0.39, 0.29) is 5.91 Å². The van der Waals surface area contributed by atoms with Gasteiger partial charge in [0.1, 0.15) is 5.82 Å². The van der Waals surface area contributed by atoms with Gasteiger partial charge in [0.15, 0.2) is 5.82 Å². The maximum atomic E-state index is 13.2. The highest BCUT2D eigenvalue weighted by Crippen LogP contribution is 2.27. The first-order valence-electron chi connectivity index (χ1n) is 9.94. The van der Waals surface area contributed by atoms with Crippen molar-refractivity contribution in [3.05, 3.63) is 53.7 Å². The van der Waals surface area contributed by atoms with Crippen molar-refractivity contribution in [1.29, 1.82) is 0 Å². The fourth-order valence-corrected chi connectivity index (χ4v) is 4.48. The molecule has 2 aliphatic heterocycles. The SMILES string of the molecule is CN1CCC[C@H](c2nnc3n2CCN(C(=O)c2cccc4cccnc24)C3)C1. The van der Waals surface area contributed by atoms with E-state index < -0.39 is 0 Å². The molecule has 7 nitrogen and oxygen atoms in total. The Hall–Kier alpha value is -2.80. The average molecular weight is 376 g/mol. The second kappa shape index (κ2) is 6.98. The van der Waals surface area contributed by atoms with Gasteiger partial charge < -0.3 is 14.4 Å². The van der Waals surface area contributed by atoms with Crippen LogP contribution in [0.15, 0.2) is 36.5 Å². The van der Waals surface area contributed by atoms with E-state index in [1.54, 1.807) is 6.20 Å². The lowest BCUT2D eigenvalue weighted by Gasteiger charge is -2.32. The van der Waals surface area contributed by atoms with E-state index in [0.717, 1.165) is 48.6 Å². The molecule has 1 atom stereocenters. The van der Waals surface area contributed by atoms with E-state index in [2.05, 4.69) is 31.7 Å². The van der Waals surface area contributed by atoms with Crippen LogP contribution in [0.5, 0.6) is 0 Å².